The lowest BCUT2D eigenvalue weighted by atomic mass is 11.1. The molecular formula is CHN7O6. The topological polar surface area (TPSA) is 179 Å². The molecule has 0 rings (SSSR count). The number of hydrazine groups is 1. The summed E-state index contributed by atoms with van der Waals surface area (Å²) in [7, 11) is 0. The van der Waals surface area contributed by atoms with Gasteiger partial charge in [0.15, 0.2) is 5.22 Å². The number of hydrazone groups is 1. The van der Waals surface area contributed by atoms with E-state index in [4.69, 9.17) is 0 Å². The summed E-state index contributed by atoms with van der Waals surface area (Å²) in [5.74, 6) is -1.40. The van der Waals surface area contributed by atoms with Gasteiger partial charge in [0.2, 0.25) is 0 Å². The van der Waals surface area contributed by atoms with Crippen LogP contribution in [0.25, 0.3) is 0 Å². The molecule has 14 heavy (non-hydrogen) atoms. The number of nitro groups is 3. The Balaban J connectivity index is 4.60. The van der Waals surface area contributed by atoms with Crippen LogP contribution in [0.2, 0.25) is 0 Å². The van der Waals surface area contributed by atoms with Crippen molar-refractivity contribution in [1.29, 1.82) is 0 Å². The van der Waals surface area contributed by atoms with Crippen LogP contribution in [0.3, 0.4) is 0 Å². The van der Waals surface area contributed by atoms with Crippen molar-refractivity contribution in [3.8, 4) is 0 Å². The van der Waals surface area contributed by atoms with Gasteiger partial charge in [0.05, 0.1) is 15.2 Å². The standard InChI is InChI=1S/CHN7O6/c9-6(10)1(2-4-7(11)12)3-5-8(13)14/h4H. The molecule has 13 heteroatoms. The predicted octanol–water partition coefficient (Wildman–Crippen LogP) is -1.04. The largest absolute Gasteiger partial charge is 0.517 e. The first-order chi connectivity index (χ1) is 6.43. The van der Waals surface area contributed by atoms with Crippen LogP contribution in [0.5, 0.6) is 0 Å². The summed E-state index contributed by atoms with van der Waals surface area (Å²) in [6.45, 7) is 0. The van der Waals surface area contributed by atoms with Crippen LogP contribution in [0, 0.1) is 30.3 Å². The Morgan fingerprint density at radius 2 is 1.71 bits per heavy atom. The van der Waals surface area contributed by atoms with E-state index in [9.17, 15) is 30.3 Å². The molecule has 0 spiro atoms. The van der Waals surface area contributed by atoms with Crippen molar-refractivity contribution >= 4 is 5.96 Å². The molecule has 13 nitrogen and oxygen atoms in total. The predicted molar refractivity (Wildman–Crippen MR) is 36.4 cm³/mol. The summed E-state index contributed by atoms with van der Waals surface area (Å²) >= 11 is 0. The third-order valence-corrected chi connectivity index (χ3v) is 0.602. The average Bonchev–Trinajstić information content (AvgIpc) is 2.02. The van der Waals surface area contributed by atoms with Crippen molar-refractivity contribution in [2.45, 2.75) is 0 Å². The van der Waals surface area contributed by atoms with Gasteiger partial charge in [0.25, 0.3) is 0 Å². The van der Waals surface area contributed by atoms with E-state index < -0.39 is 20.9 Å². The van der Waals surface area contributed by atoms with Gasteiger partial charge in [-0.25, -0.2) is 0 Å². The maximum Gasteiger partial charge on any atom is 0.517 e. The lowest BCUT2D eigenvalue weighted by molar-refractivity contribution is -0.546. The van der Waals surface area contributed by atoms with Crippen LogP contribution in [0.4, 0.5) is 0 Å². The number of hydrogen-bond acceptors (Lipinski definition) is 7. The Morgan fingerprint density at radius 1 is 1.14 bits per heavy atom. The molecule has 0 radical (unpaired) electrons. The Labute approximate surface area is 73.5 Å². The molecular weight excluding hydrogens is 206 g/mol. The summed E-state index contributed by atoms with van der Waals surface area (Å²) < 4.78 is 0. The molecule has 0 saturated carbocycles. The Bertz CT molecular complexity index is 316. The zero-order chi connectivity index (χ0) is 11.1. The van der Waals surface area contributed by atoms with Gasteiger partial charge in [-0.1, -0.05) is 0 Å². The van der Waals surface area contributed by atoms with E-state index >= 15 is 0 Å². The second kappa shape index (κ2) is 5.01. The summed E-state index contributed by atoms with van der Waals surface area (Å²) in [6.07, 6.45) is 0. The second-order valence-corrected chi connectivity index (χ2v) is 1.45. The normalized spacial score (nSPS) is 11.3. The molecule has 0 aliphatic rings. The molecule has 0 aromatic carbocycles. The van der Waals surface area contributed by atoms with Gasteiger partial charge in [0.1, 0.15) is 0 Å². The van der Waals surface area contributed by atoms with Crippen LogP contribution < -0.4 is 5.53 Å². The third kappa shape index (κ3) is 4.99. The molecule has 1 N–H and O–H groups in total. The number of nitrogens with one attached hydrogen (secondary N) is 1. The van der Waals surface area contributed by atoms with Crippen LogP contribution in [0.1, 0.15) is 0 Å². The first kappa shape index (κ1) is 11.3. The fourth-order valence-corrected chi connectivity index (χ4v) is 0.262. The molecule has 76 valence electrons. The molecule has 0 bridgehead atoms. The van der Waals surface area contributed by atoms with E-state index in [1.54, 1.807) is 0 Å². The maximum absolute atomic E-state index is 9.96. The van der Waals surface area contributed by atoms with Crippen molar-refractivity contribution in [2.24, 2.45) is 15.4 Å². The maximum atomic E-state index is 9.96. The van der Waals surface area contributed by atoms with Crippen molar-refractivity contribution in [3.05, 3.63) is 30.3 Å². The molecule has 0 aliphatic carbocycles. The van der Waals surface area contributed by atoms with E-state index in [-0.39, 0.29) is 0 Å². The minimum absolute atomic E-state index is 1.04. The summed E-state index contributed by atoms with van der Waals surface area (Å²) in [4.78, 5) is 27.9. The van der Waals surface area contributed by atoms with Crippen molar-refractivity contribution < 1.29 is 15.0 Å². The summed E-state index contributed by atoms with van der Waals surface area (Å²) in [5, 5.41) is 33.7. The molecule has 0 aromatic heterocycles. The quantitative estimate of drug-likeness (QED) is 0.201. The van der Waals surface area contributed by atoms with Crippen LogP contribution in [-0.2, 0) is 0 Å². The van der Waals surface area contributed by atoms with E-state index in [1.165, 1.54) is 0 Å². The zero-order valence-electron chi connectivity index (χ0n) is 6.13. The SMILES string of the molecule is O=[N+]([O-])N=NC(=NN[N+](=O)[O-])[N+](=O)[O-]. The van der Waals surface area contributed by atoms with Gasteiger partial charge in [-0.3, -0.25) is 0 Å². The average molecular weight is 207 g/mol. The van der Waals surface area contributed by atoms with E-state index in [1.807, 2.05) is 0 Å². The minimum atomic E-state index is -1.40. The van der Waals surface area contributed by atoms with Crippen LogP contribution >= 0.6 is 0 Å². The highest BCUT2D eigenvalue weighted by Gasteiger charge is 2.13. The fraction of sp³-hybridized carbons (Fsp3) is 0. The highest BCUT2D eigenvalue weighted by Crippen LogP contribution is 1.84. The van der Waals surface area contributed by atoms with Crippen LogP contribution in [0.15, 0.2) is 15.4 Å². The Morgan fingerprint density at radius 3 is 2.07 bits per heavy atom. The Hall–Kier alpha value is -2.73. The van der Waals surface area contributed by atoms with Crippen molar-refractivity contribution in [3.63, 3.8) is 0 Å². The number of rotatable bonds is 3. The molecule has 0 saturated heterocycles. The second-order valence-electron chi connectivity index (χ2n) is 1.45. The highest BCUT2D eigenvalue weighted by molar-refractivity contribution is 5.71. The highest BCUT2D eigenvalue weighted by atomic mass is 16.7. The first-order valence-electron chi connectivity index (χ1n) is 2.61. The lowest BCUT2D eigenvalue weighted by Crippen LogP contribution is -2.20. The molecule has 0 unspecified atom stereocenters. The molecule has 0 amide bonds. The van der Waals surface area contributed by atoms with E-state index in [2.05, 4.69) is 15.4 Å². The number of hydrogen-bond donors (Lipinski definition) is 1. The molecule has 0 aromatic rings. The third-order valence-electron chi connectivity index (χ3n) is 0.602. The Kier molecular flexibility index (Phi) is 4.03. The zero-order valence-corrected chi connectivity index (χ0v) is 6.13. The van der Waals surface area contributed by atoms with E-state index in [0.29, 0.717) is 0 Å². The summed E-state index contributed by atoms with van der Waals surface area (Å²) in [6, 6.07) is 0. The monoisotopic (exact) mass is 207 g/mol. The number of guanidine groups is 1. The van der Waals surface area contributed by atoms with Gasteiger partial charge >= 0.3 is 5.96 Å². The van der Waals surface area contributed by atoms with Gasteiger partial charge in [-0.15, -0.1) is 0 Å². The van der Waals surface area contributed by atoms with Crippen molar-refractivity contribution in [2.75, 3.05) is 0 Å². The molecule has 0 atom stereocenters. The molecule has 0 heterocycles. The van der Waals surface area contributed by atoms with Gasteiger partial charge < -0.3 is 30.3 Å². The smallest absolute Gasteiger partial charge is 0.390 e. The van der Waals surface area contributed by atoms with Gasteiger partial charge in [0, 0.05) is 5.03 Å². The van der Waals surface area contributed by atoms with Gasteiger partial charge in [-0.05, 0) is 10.5 Å². The van der Waals surface area contributed by atoms with Gasteiger partial charge in [-0.2, -0.15) is 0 Å². The molecule has 0 aliphatic heterocycles. The molecule has 0 fully saturated rings. The number of nitrogens with zero attached hydrogens (tertiary/aromatic N) is 6. The van der Waals surface area contributed by atoms with Crippen LogP contribution in [-0.4, -0.2) is 20.9 Å². The van der Waals surface area contributed by atoms with E-state index in [0.717, 1.165) is 5.53 Å². The first-order valence-corrected chi connectivity index (χ1v) is 2.61. The summed E-state index contributed by atoms with van der Waals surface area (Å²) in [5.41, 5.74) is 1.04. The minimum Gasteiger partial charge on any atom is -0.390 e. The fourth-order valence-electron chi connectivity index (χ4n) is 0.262. The lowest BCUT2D eigenvalue weighted by Gasteiger charge is -1.90. The van der Waals surface area contributed by atoms with Crippen molar-refractivity contribution in [1.82, 2.24) is 5.53 Å².